The van der Waals surface area contributed by atoms with Gasteiger partial charge in [-0.2, -0.15) is 9.97 Å². The van der Waals surface area contributed by atoms with Crippen molar-refractivity contribution in [1.29, 1.82) is 0 Å². The lowest BCUT2D eigenvalue weighted by Crippen LogP contribution is -2.58. The molecule has 52 heavy (non-hydrogen) atoms. The lowest BCUT2D eigenvalue weighted by molar-refractivity contribution is -0.345. The number of piperazine rings is 1. The number of piperidine rings is 1. The van der Waals surface area contributed by atoms with Crippen LogP contribution in [-0.2, 0) is 11.2 Å². The van der Waals surface area contributed by atoms with Crippen LogP contribution in [0.1, 0.15) is 62.6 Å². The maximum absolute atomic E-state index is 17.2. The number of aryl methyl sites for hydroxylation is 1. The first-order valence-electron chi connectivity index (χ1n) is 18.3. The van der Waals surface area contributed by atoms with Crippen molar-refractivity contribution < 1.29 is 31.4 Å². The number of anilines is 1. The van der Waals surface area contributed by atoms with Crippen molar-refractivity contribution in [1.82, 2.24) is 25.2 Å². The number of fused-ring (bicyclic) bond motifs is 6. The summed E-state index contributed by atoms with van der Waals surface area (Å²) < 4.78 is 81.1. The summed E-state index contributed by atoms with van der Waals surface area (Å²) in [5, 5.41) is 5.44. The summed E-state index contributed by atoms with van der Waals surface area (Å²) in [5.74, 6) is 1.88. The molecule has 4 fully saturated rings. The molecule has 3 saturated heterocycles. The third-order valence-electron chi connectivity index (χ3n) is 11.8. The van der Waals surface area contributed by atoms with Crippen LogP contribution in [0.4, 0.5) is 27.8 Å². The van der Waals surface area contributed by atoms with Crippen molar-refractivity contribution in [3.8, 4) is 29.6 Å². The number of hydrogen-bond donors (Lipinski definition) is 1. The number of ether oxygens (including phenoxy) is 2. The third kappa shape index (κ3) is 6.12. The molecule has 0 amide bonds. The largest absolute Gasteiger partial charge is 0.522 e. The lowest BCUT2D eigenvalue weighted by atomic mass is 9.93. The van der Waals surface area contributed by atoms with Crippen molar-refractivity contribution in [2.24, 2.45) is 5.41 Å². The number of terminal acetylenes is 1. The number of pyridine rings is 1. The fourth-order valence-electron chi connectivity index (χ4n) is 9.09. The van der Waals surface area contributed by atoms with Crippen molar-refractivity contribution in [2.45, 2.75) is 88.4 Å². The highest BCUT2D eigenvalue weighted by Crippen LogP contribution is 2.48. The van der Waals surface area contributed by atoms with Crippen LogP contribution in [0.25, 0.3) is 32.9 Å². The predicted molar refractivity (Wildman–Crippen MR) is 186 cm³/mol. The minimum absolute atomic E-state index is 0.0513. The van der Waals surface area contributed by atoms with Gasteiger partial charge in [-0.1, -0.05) is 30.2 Å². The topological polar surface area (TPSA) is 75.6 Å². The number of benzene rings is 2. The molecular formula is C39H39F5N6O2. The molecule has 4 aliphatic heterocycles. The van der Waals surface area contributed by atoms with Crippen LogP contribution < -0.4 is 15.0 Å². The predicted octanol–water partition coefficient (Wildman–Crippen LogP) is 6.91. The Bertz CT molecular complexity index is 2090. The highest BCUT2D eigenvalue weighted by Gasteiger charge is 2.47. The molecule has 1 saturated carbocycles. The summed E-state index contributed by atoms with van der Waals surface area (Å²) in [5.41, 5.74) is 1.10. The Balaban J connectivity index is 1.09. The average Bonchev–Trinajstić information content (AvgIpc) is 3.78. The van der Waals surface area contributed by atoms with Gasteiger partial charge in [-0.3, -0.25) is 4.74 Å². The summed E-state index contributed by atoms with van der Waals surface area (Å²) >= 11 is 0. The molecule has 1 N–H and O–H groups in total. The zero-order chi connectivity index (χ0) is 35.8. The van der Waals surface area contributed by atoms with Crippen molar-refractivity contribution >= 4 is 27.5 Å². The zero-order valence-corrected chi connectivity index (χ0v) is 28.6. The number of alkyl halides is 3. The van der Waals surface area contributed by atoms with E-state index < -0.39 is 24.1 Å². The van der Waals surface area contributed by atoms with Crippen LogP contribution in [0.15, 0.2) is 30.3 Å². The minimum Gasteiger partial charge on any atom is -0.463 e. The normalized spacial score (nSPS) is 24.4. The maximum Gasteiger partial charge on any atom is 0.522 e. The van der Waals surface area contributed by atoms with Crippen LogP contribution in [0, 0.1) is 29.4 Å². The smallest absolute Gasteiger partial charge is 0.463 e. The van der Waals surface area contributed by atoms with E-state index in [-0.39, 0.29) is 34.2 Å². The molecule has 0 unspecified atom stereocenters. The Hall–Kier alpha value is -4.12. The molecule has 5 aliphatic rings. The number of likely N-dealkylation sites (tertiary alicyclic amines) is 1. The number of halogens is 5. The Kier molecular flexibility index (Phi) is 8.28. The quantitative estimate of drug-likeness (QED) is 0.163. The first kappa shape index (κ1) is 33.7. The van der Waals surface area contributed by atoms with Crippen molar-refractivity contribution in [3.05, 3.63) is 53.2 Å². The maximum atomic E-state index is 17.2. The summed E-state index contributed by atoms with van der Waals surface area (Å²) in [6.07, 6.45) is 7.23. The molecule has 13 heteroatoms. The minimum atomic E-state index is -4.63. The number of nitrogens with zero attached hydrogens (tertiary/aromatic N) is 5. The van der Waals surface area contributed by atoms with Gasteiger partial charge in [-0.15, -0.1) is 19.6 Å². The molecule has 4 aromatic rings. The number of nitrogens with one attached hydrogen (secondary N) is 1. The Morgan fingerprint density at radius 1 is 0.981 bits per heavy atom. The first-order valence-corrected chi connectivity index (χ1v) is 18.3. The molecule has 8 nitrogen and oxygen atoms in total. The molecular weight excluding hydrogens is 679 g/mol. The molecule has 1 aliphatic carbocycles. The van der Waals surface area contributed by atoms with E-state index in [1.807, 2.05) is 6.07 Å². The molecule has 2 aromatic heterocycles. The average molecular weight is 719 g/mol. The van der Waals surface area contributed by atoms with Crippen molar-refractivity contribution in [3.63, 3.8) is 0 Å². The van der Waals surface area contributed by atoms with Crippen molar-refractivity contribution in [2.75, 3.05) is 37.7 Å². The first-order chi connectivity index (χ1) is 25.1. The van der Waals surface area contributed by atoms with Gasteiger partial charge in [-0.25, -0.2) is 13.8 Å². The molecule has 0 radical (unpaired) electrons. The summed E-state index contributed by atoms with van der Waals surface area (Å²) in [7, 11) is 0. The van der Waals surface area contributed by atoms with E-state index in [1.165, 1.54) is 6.07 Å². The Labute approximate surface area is 298 Å². The van der Waals surface area contributed by atoms with E-state index in [0.717, 1.165) is 45.1 Å². The van der Waals surface area contributed by atoms with Gasteiger partial charge in [-0.05, 0) is 69.2 Å². The van der Waals surface area contributed by atoms with E-state index in [2.05, 4.69) is 25.8 Å². The molecule has 2 bridgehead atoms. The fraction of sp³-hybridized carbons (Fsp3) is 0.513. The molecule has 6 heterocycles. The van der Waals surface area contributed by atoms with Crippen LogP contribution in [-0.4, -0.2) is 83.2 Å². The molecule has 9 rings (SSSR count). The number of hydrogen-bond acceptors (Lipinski definition) is 8. The van der Waals surface area contributed by atoms with Gasteiger partial charge in [0.05, 0.1) is 29.4 Å². The SMILES string of the molecule is C#Cc1c(F)ccc2cccc(-c3nc4c5c(nc(OCC6(CN7CCC(OC(F)(F)F)CC7)CC6)nc5c3F)N3C[C@H]5CC[C@H](N5)[C@H]3CCC4)c12. The second-order valence-corrected chi connectivity index (χ2v) is 15.2. The van der Waals surface area contributed by atoms with Gasteiger partial charge in [0.2, 0.25) is 0 Å². The molecule has 272 valence electrons. The Morgan fingerprint density at radius 3 is 2.58 bits per heavy atom. The summed E-state index contributed by atoms with van der Waals surface area (Å²) in [6.45, 7) is 2.72. The van der Waals surface area contributed by atoms with E-state index in [0.29, 0.717) is 90.8 Å². The summed E-state index contributed by atoms with van der Waals surface area (Å²) in [6, 6.07) is 9.12. The Morgan fingerprint density at radius 2 is 1.81 bits per heavy atom. The number of aromatic nitrogens is 3. The van der Waals surface area contributed by atoms with Crippen LogP contribution in [0.2, 0.25) is 0 Å². The third-order valence-corrected chi connectivity index (χ3v) is 11.8. The van der Waals surface area contributed by atoms with Gasteiger partial charge < -0.3 is 19.9 Å². The summed E-state index contributed by atoms with van der Waals surface area (Å²) in [4.78, 5) is 19.2. The van der Waals surface area contributed by atoms with E-state index in [4.69, 9.17) is 26.1 Å². The highest BCUT2D eigenvalue weighted by atomic mass is 19.4. The van der Waals surface area contributed by atoms with Crippen LogP contribution in [0.5, 0.6) is 6.01 Å². The zero-order valence-electron chi connectivity index (χ0n) is 28.6. The van der Waals surface area contributed by atoms with Gasteiger partial charge in [0.15, 0.2) is 5.82 Å². The highest BCUT2D eigenvalue weighted by molar-refractivity contribution is 6.02. The lowest BCUT2D eigenvalue weighted by Gasteiger charge is -2.43. The standard InChI is InChI=1S/C39H39F5N6O2/c1-2-25-27(40)11-9-22-5-3-6-26(31(22)25)34-33(41)35-32-29(46-34)7-4-8-30-28-12-10-23(45-28)19-50(30)36(32)48-37(47-35)51-21-38(15-16-38)20-49-17-13-24(14-18-49)52-39(42,43)44/h1,3,5-6,9,11,23-24,28,30,45H,4,7-8,10,12-21H2/t23-,28+,30-/m1/s1. The second-order valence-electron chi connectivity index (χ2n) is 15.2. The van der Waals surface area contributed by atoms with Crippen LogP contribution >= 0.6 is 0 Å². The monoisotopic (exact) mass is 718 g/mol. The van der Waals surface area contributed by atoms with E-state index >= 15 is 8.78 Å². The van der Waals surface area contributed by atoms with Gasteiger partial charge >= 0.3 is 12.4 Å². The van der Waals surface area contributed by atoms with Gasteiger partial charge in [0.25, 0.3) is 0 Å². The van der Waals surface area contributed by atoms with Crippen LogP contribution in [0.3, 0.4) is 0 Å². The van der Waals surface area contributed by atoms with Gasteiger partial charge in [0.1, 0.15) is 22.8 Å². The van der Waals surface area contributed by atoms with E-state index in [9.17, 15) is 13.2 Å². The number of rotatable bonds is 7. The molecule has 0 spiro atoms. The fourth-order valence-corrected chi connectivity index (χ4v) is 9.09. The van der Waals surface area contributed by atoms with Gasteiger partial charge in [0, 0.05) is 60.7 Å². The molecule has 3 atom stereocenters. The second kappa shape index (κ2) is 12.8. The molecule has 2 aromatic carbocycles. The van der Waals surface area contributed by atoms with E-state index in [1.54, 1.807) is 18.2 Å².